The van der Waals surface area contributed by atoms with Crippen LogP contribution in [0, 0.1) is 0 Å². The highest BCUT2D eigenvalue weighted by molar-refractivity contribution is 6.03. The minimum Gasteiger partial charge on any atom is -0.490 e. The Morgan fingerprint density at radius 2 is 2.10 bits per heavy atom. The number of hydrazine groups is 1. The van der Waals surface area contributed by atoms with Gasteiger partial charge in [0.15, 0.2) is 0 Å². The fourth-order valence-electron chi connectivity index (χ4n) is 1.58. The summed E-state index contributed by atoms with van der Waals surface area (Å²) < 4.78 is 5.29. The van der Waals surface area contributed by atoms with E-state index in [1.165, 1.54) is 0 Å². The molecule has 2 rings (SSSR count). The molecule has 0 aromatic heterocycles. The van der Waals surface area contributed by atoms with Crippen LogP contribution in [0.15, 0.2) is 36.9 Å². The Hall–Kier alpha value is -2.83. The average molecular weight is 275 g/mol. The van der Waals surface area contributed by atoms with Crippen molar-refractivity contribution in [3.05, 3.63) is 42.5 Å². The lowest BCUT2D eigenvalue weighted by Crippen LogP contribution is -2.44. The molecule has 7 nitrogen and oxygen atoms in total. The van der Waals surface area contributed by atoms with Gasteiger partial charge in [0.05, 0.1) is 0 Å². The molecule has 0 saturated carbocycles. The van der Waals surface area contributed by atoms with Crippen molar-refractivity contribution in [2.75, 3.05) is 13.2 Å². The number of benzene rings is 1. The molecule has 1 aromatic rings. The molecule has 0 radical (unpaired) electrons. The first-order valence-corrected chi connectivity index (χ1v) is 5.86. The lowest BCUT2D eigenvalue weighted by molar-refractivity contribution is -0.118. The Bertz CT molecular complexity index is 553. The van der Waals surface area contributed by atoms with Crippen molar-refractivity contribution in [2.24, 2.45) is 0 Å². The van der Waals surface area contributed by atoms with Crippen LogP contribution in [0.4, 0.5) is 4.79 Å². The highest BCUT2D eigenvalue weighted by Crippen LogP contribution is 2.12. The zero-order valence-electron chi connectivity index (χ0n) is 10.6. The number of imide groups is 1. The van der Waals surface area contributed by atoms with E-state index in [0.717, 1.165) is 5.01 Å². The van der Waals surface area contributed by atoms with Crippen molar-refractivity contribution >= 4 is 17.8 Å². The van der Waals surface area contributed by atoms with Gasteiger partial charge in [0, 0.05) is 5.56 Å². The fraction of sp³-hybridized carbons (Fsp3) is 0.154. The quantitative estimate of drug-likeness (QED) is 0.603. The molecule has 0 bridgehead atoms. The maximum Gasteiger partial charge on any atom is 0.343 e. The van der Waals surface area contributed by atoms with Crippen LogP contribution in [0.25, 0.3) is 0 Å². The molecule has 0 aliphatic carbocycles. The van der Waals surface area contributed by atoms with Gasteiger partial charge in [0.1, 0.15) is 18.9 Å². The molecule has 1 aliphatic heterocycles. The van der Waals surface area contributed by atoms with Crippen LogP contribution in [-0.4, -0.2) is 36.0 Å². The van der Waals surface area contributed by atoms with Gasteiger partial charge >= 0.3 is 6.03 Å². The van der Waals surface area contributed by atoms with Crippen LogP contribution < -0.4 is 15.5 Å². The summed E-state index contributed by atoms with van der Waals surface area (Å²) in [5.74, 6) is -0.330. The number of nitrogens with zero attached hydrogens (tertiary/aromatic N) is 1. The fourth-order valence-corrected chi connectivity index (χ4v) is 1.58. The predicted octanol–water partition coefficient (Wildman–Crippen LogP) is 0.448. The zero-order chi connectivity index (χ0) is 14.5. The van der Waals surface area contributed by atoms with Crippen molar-refractivity contribution in [3.8, 4) is 5.75 Å². The van der Waals surface area contributed by atoms with E-state index in [1.54, 1.807) is 30.3 Å². The van der Waals surface area contributed by atoms with E-state index in [-0.39, 0.29) is 6.54 Å². The van der Waals surface area contributed by atoms with Gasteiger partial charge in [-0.3, -0.25) is 20.3 Å². The second-order valence-corrected chi connectivity index (χ2v) is 4.00. The van der Waals surface area contributed by atoms with E-state index in [4.69, 9.17) is 4.74 Å². The highest BCUT2D eigenvalue weighted by atomic mass is 16.5. The number of hydrogen-bond acceptors (Lipinski definition) is 4. The van der Waals surface area contributed by atoms with Gasteiger partial charge in [0.25, 0.3) is 5.91 Å². The number of nitrogens with one attached hydrogen (secondary N) is 2. The van der Waals surface area contributed by atoms with E-state index >= 15 is 0 Å². The van der Waals surface area contributed by atoms with Gasteiger partial charge in [-0.25, -0.2) is 9.80 Å². The Morgan fingerprint density at radius 1 is 1.40 bits per heavy atom. The van der Waals surface area contributed by atoms with Crippen LogP contribution >= 0.6 is 0 Å². The molecule has 1 heterocycles. The van der Waals surface area contributed by atoms with E-state index < -0.39 is 17.8 Å². The minimum absolute atomic E-state index is 0.189. The molecule has 7 heteroatoms. The molecule has 0 atom stereocenters. The molecule has 20 heavy (non-hydrogen) atoms. The molecule has 1 aromatic carbocycles. The summed E-state index contributed by atoms with van der Waals surface area (Å²) in [7, 11) is 0. The van der Waals surface area contributed by atoms with Gasteiger partial charge in [-0.05, 0) is 24.3 Å². The van der Waals surface area contributed by atoms with Gasteiger partial charge in [0.2, 0.25) is 5.91 Å². The first-order chi connectivity index (χ1) is 9.60. The molecule has 2 N–H and O–H groups in total. The normalized spacial score (nSPS) is 13.9. The van der Waals surface area contributed by atoms with Crippen LogP contribution in [0.2, 0.25) is 0 Å². The lowest BCUT2D eigenvalue weighted by Gasteiger charge is -2.14. The molecule has 1 saturated heterocycles. The predicted molar refractivity (Wildman–Crippen MR) is 69.8 cm³/mol. The number of rotatable bonds is 5. The van der Waals surface area contributed by atoms with E-state index in [2.05, 4.69) is 17.3 Å². The first-order valence-electron chi connectivity index (χ1n) is 5.86. The van der Waals surface area contributed by atoms with Crippen molar-refractivity contribution < 1.29 is 19.1 Å². The van der Waals surface area contributed by atoms with Gasteiger partial charge in [-0.1, -0.05) is 12.7 Å². The summed E-state index contributed by atoms with van der Waals surface area (Å²) >= 11 is 0. The number of carbonyl (C=O) groups excluding carboxylic acids is 3. The number of ether oxygens (including phenoxy) is 1. The zero-order valence-corrected chi connectivity index (χ0v) is 10.6. The van der Waals surface area contributed by atoms with E-state index in [1.807, 2.05) is 0 Å². The standard InChI is InChI=1S/C13H13N3O4/c1-2-7-20-10-5-3-9(4-6-10)12(18)15-16-8-11(17)14-13(16)19/h2-6H,1,7-8H2,(H,15,18)(H,14,17,19). The number of urea groups is 1. The minimum atomic E-state index is -0.644. The molecule has 1 aliphatic rings. The van der Waals surface area contributed by atoms with E-state index in [9.17, 15) is 14.4 Å². The summed E-state index contributed by atoms with van der Waals surface area (Å²) in [4.78, 5) is 34.1. The lowest BCUT2D eigenvalue weighted by atomic mass is 10.2. The van der Waals surface area contributed by atoms with Crippen molar-refractivity contribution in [2.45, 2.75) is 0 Å². The maximum atomic E-state index is 11.9. The second-order valence-electron chi connectivity index (χ2n) is 4.00. The molecule has 1 fully saturated rings. The Kier molecular flexibility index (Phi) is 3.99. The van der Waals surface area contributed by atoms with Crippen molar-refractivity contribution in [1.29, 1.82) is 0 Å². The molecular weight excluding hydrogens is 262 g/mol. The Labute approximate surface area is 115 Å². The summed E-state index contributed by atoms with van der Waals surface area (Å²) in [5, 5.41) is 2.98. The molecule has 4 amide bonds. The highest BCUT2D eigenvalue weighted by Gasteiger charge is 2.28. The largest absolute Gasteiger partial charge is 0.490 e. The summed E-state index contributed by atoms with van der Waals surface area (Å²) in [6.45, 7) is 3.72. The smallest absolute Gasteiger partial charge is 0.343 e. The second kappa shape index (κ2) is 5.87. The molecule has 0 spiro atoms. The average Bonchev–Trinajstić information content (AvgIpc) is 2.75. The number of hydrogen-bond donors (Lipinski definition) is 2. The van der Waals surface area contributed by atoms with Crippen LogP contribution in [-0.2, 0) is 4.79 Å². The number of carbonyl (C=O) groups is 3. The molecule has 104 valence electrons. The Balaban J connectivity index is 1.97. The maximum absolute atomic E-state index is 11.9. The molecular formula is C13H13N3O4. The topological polar surface area (TPSA) is 87.7 Å². The van der Waals surface area contributed by atoms with Crippen molar-refractivity contribution in [3.63, 3.8) is 0 Å². The van der Waals surface area contributed by atoms with Gasteiger partial charge in [-0.15, -0.1) is 0 Å². The van der Waals surface area contributed by atoms with Crippen LogP contribution in [0.3, 0.4) is 0 Å². The Morgan fingerprint density at radius 3 is 2.65 bits per heavy atom. The SMILES string of the molecule is C=CCOc1ccc(C(=O)NN2CC(=O)NC2=O)cc1. The number of amides is 4. The third-order valence-electron chi connectivity index (χ3n) is 2.51. The van der Waals surface area contributed by atoms with E-state index in [0.29, 0.717) is 17.9 Å². The first kappa shape index (κ1) is 13.6. The van der Waals surface area contributed by atoms with Crippen molar-refractivity contribution in [1.82, 2.24) is 15.8 Å². The molecule has 0 unspecified atom stereocenters. The third kappa shape index (κ3) is 3.14. The van der Waals surface area contributed by atoms with Crippen LogP contribution in [0.5, 0.6) is 5.75 Å². The summed E-state index contributed by atoms with van der Waals surface area (Å²) in [5.41, 5.74) is 2.69. The van der Waals surface area contributed by atoms with Gasteiger partial charge in [-0.2, -0.15) is 0 Å². The van der Waals surface area contributed by atoms with Gasteiger partial charge < -0.3 is 4.74 Å². The summed E-state index contributed by atoms with van der Waals surface area (Å²) in [6, 6.07) is 5.74. The van der Waals surface area contributed by atoms with Crippen LogP contribution in [0.1, 0.15) is 10.4 Å². The third-order valence-corrected chi connectivity index (χ3v) is 2.51. The summed E-state index contributed by atoms with van der Waals surface area (Å²) in [6.07, 6.45) is 1.61. The monoisotopic (exact) mass is 275 g/mol.